The van der Waals surface area contributed by atoms with E-state index in [9.17, 15) is 0 Å². The lowest BCUT2D eigenvalue weighted by atomic mass is 9.71. The summed E-state index contributed by atoms with van der Waals surface area (Å²) in [4.78, 5) is 0. The van der Waals surface area contributed by atoms with E-state index in [1.807, 2.05) is 0 Å². The molecule has 1 aliphatic heterocycles. The van der Waals surface area contributed by atoms with Gasteiger partial charge in [0, 0.05) is 26.5 Å². The largest absolute Gasteiger partial charge is 0.100 e. The molecule has 12 heavy (non-hydrogen) atoms. The first-order valence-corrected chi connectivity index (χ1v) is 7.77. The van der Waals surface area contributed by atoms with Crippen molar-refractivity contribution in [2.45, 2.75) is 37.0 Å². The monoisotopic (exact) mass is 183 g/mol. The molecular formula is C11H20P+. The number of allylic oxidation sites excluding steroid dienone is 1. The lowest BCUT2D eigenvalue weighted by Gasteiger charge is -2.45. The van der Waals surface area contributed by atoms with Crippen molar-refractivity contribution >= 4 is 7.26 Å². The van der Waals surface area contributed by atoms with Gasteiger partial charge in [0.1, 0.15) is 5.16 Å². The SMILES string of the molecule is C=CC12CCC1CC(C)[P+]2(C)C. The van der Waals surface area contributed by atoms with Gasteiger partial charge in [0.2, 0.25) is 0 Å². The smallest absolute Gasteiger partial charge is 0.0989 e. The van der Waals surface area contributed by atoms with Crippen molar-refractivity contribution < 1.29 is 0 Å². The van der Waals surface area contributed by atoms with Crippen LogP contribution in [0.5, 0.6) is 0 Å². The van der Waals surface area contributed by atoms with Crippen LogP contribution in [0.2, 0.25) is 0 Å². The molecule has 0 aromatic rings. The summed E-state index contributed by atoms with van der Waals surface area (Å²) in [5, 5.41) is 0.617. The molecule has 0 nitrogen and oxygen atoms in total. The first kappa shape index (κ1) is 8.75. The van der Waals surface area contributed by atoms with Crippen LogP contribution < -0.4 is 0 Å². The molecule has 1 aliphatic carbocycles. The summed E-state index contributed by atoms with van der Waals surface area (Å²) in [6.07, 6.45) is 6.69. The first-order chi connectivity index (χ1) is 5.54. The topological polar surface area (TPSA) is 0 Å². The second-order valence-corrected chi connectivity index (χ2v) is 9.85. The minimum Gasteiger partial charge on any atom is -0.0989 e. The van der Waals surface area contributed by atoms with Crippen LogP contribution in [0.3, 0.4) is 0 Å². The van der Waals surface area contributed by atoms with Gasteiger partial charge in [-0.05, 0) is 32.3 Å². The molecule has 0 radical (unpaired) electrons. The molecule has 0 bridgehead atoms. The average Bonchev–Trinajstić information content (AvgIpc) is 2.09. The van der Waals surface area contributed by atoms with Gasteiger partial charge in [-0.1, -0.05) is 6.58 Å². The van der Waals surface area contributed by atoms with Crippen LogP contribution in [0.25, 0.3) is 0 Å². The molecule has 2 rings (SSSR count). The van der Waals surface area contributed by atoms with Crippen molar-refractivity contribution in [1.82, 2.24) is 0 Å². The maximum absolute atomic E-state index is 4.07. The molecule has 1 saturated carbocycles. The highest BCUT2D eigenvalue weighted by molar-refractivity contribution is 7.77. The van der Waals surface area contributed by atoms with E-state index in [0.717, 1.165) is 11.6 Å². The molecule has 0 N–H and O–H groups in total. The van der Waals surface area contributed by atoms with Crippen LogP contribution in [0.15, 0.2) is 12.7 Å². The molecule has 0 aromatic carbocycles. The Hall–Kier alpha value is 0.170. The highest BCUT2D eigenvalue weighted by Crippen LogP contribution is 2.81. The summed E-state index contributed by atoms with van der Waals surface area (Å²) >= 11 is 0. The second kappa shape index (κ2) is 2.35. The Balaban J connectivity index is 2.38. The van der Waals surface area contributed by atoms with Crippen molar-refractivity contribution in [1.29, 1.82) is 0 Å². The third kappa shape index (κ3) is 0.732. The van der Waals surface area contributed by atoms with Gasteiger partial charge >= 0.3 is 0 Å². The second-order valence-electron chi connectivity index (χ2n) is 5.06. The average molecular weight is 183 g/mol. The maximum atomic E-state index is 4.07. The predicted molar refractivity (Wildman–Crippen MR) is 58.5 cm³/mol. The summed E-state index contributed by atoms with van der Waals surface area (Å²) in [6, 6.07) is 0. The number of hydrogen-bond donors (Lipinski definition) is 0. The van der Waals surface area contributed by atoms with Crippen LogP contribution >= 0.6 is 7.26 Å². The van der Waals surface area contributed by atoms with Crippen LogP contribution in [0.4, 0.5) is 0 Å². The van der Waals surface area contributed by atoms with Gasteiger partial charge in [0.05, 0.1) is 5.66 Å². The highest BCUT2D eigenvalue weighted by Gasteiger charge is 2.67. The van der Waals surface area contributed by atoms with E-state index in [4.69, 9.17) is 0 Å². The molecule has 0 spiro atoms. The fraction of sp³-hybridized carbons (Fsp3) is 0.818. The maximum Gasteiger partial charge on any atom is 0.100 e. The van der Waals surface area contributed by atoms with Crippen molar-refractivity contribution in [3.63, 3.8) is 0 Å². The van der Waals surface area contributed by atoms with E-state index < -0.39 is 7.26 Å². The van der Waals surface area contributed by atoms with Gasteiger partial charge in [0.15, 0.2) is 0 Å². The van der Waals surface area contributed by atoms with E-state index in [0.29, 0.717) is 5.16 Å². The van der Waals surface area contributed by atoms with Crippen molar-refractivity contribution in [2.24, 2.45) is 5.92 Å². The molecule has 3 atom stereocenters. The van der Waals surface area contributed by atoms with Gasteiger partial charge in [-0.2, -0.15) is 0 Å². The van der Waals surface area contributed by atoms with Crippen LogP contribution in [-0.2, 0) is 0 Å². The van der Waals surface area contributed by atoms with Gasteiger partial charge in [0.25, 0.3) is 0 Å². The molecule has 1 saturated heterocycles. The molecular weight excluding hydrogens is 163 g/mol. The summed E-state index contributed by atoms with van der Waals surface area (Å²) in [5.41, 5.74) is 0.989. The molecule has 3 unspecified atom stereocenters. The third-order valence-corrected chi connectivity index (χ3v) is 10.1. The van der Waals surface area contributed by atoms with Crippen molar-refractivity contribution in [3.8, 4) is 0 Å². The summed E-state index contributed by atoms with van der Waals surface area (Å²) in [5.74, 6) is 1.01. The van der Waals surface area contributed by atoms with Crippen molar-refractivity contribution in [3.05, 3.63) is 12.7 Å². The highest BCUT2D eigenvalue weighted by atomic mass is 31.2. The Kier molecular flexibility index (Phi) is 1.71. The predicted octanol–water partition coefficient (Wildman–Crippen LogP) is 3.39. The fourth-order valence-corrected chi connectivity index (χ4v) is 7.27. The Morgan fingerprint density at radius 2 is 2.17 bits per heavy atom. The molecule has 0 aromatic heterocycles. The Morgan fingerprint density at radius 3 is 2.42 bits per heavy atom. The van der Waals surface area contributed by atoms with Crippen LogP contribution in [0, 0.1) is 5.92 Å². The van der Waals surface area contributed by atoms with E-state index in [2.05, 4.69) is 32.9 Å². The quantitative estimate of drug-likeness (QED) is 0.432. The summed E-state index contributed by atoms with van der Waals surface area (Å²) in [6.45, 7) is 11.6. The van der Waals surface area contributed by atoms with Gasteiger partial charge in [-0.3, -0.25) is 0 Å². The molecule has 1 heterocycles. The number of rotatable bonds is 1. The van der Waals surface area contributed by atoms with Crippen LogP contribution in [-0.4, -0.2) is 24.1 Å². The summed E-state index contributed by atoms with van der Waals surface area (Å²) in [7, 11) is -0.694. The molecule has 68 valence electrons. The van der Waals surface area contributed by atoms with E-state index in [1.54, 1.807) is 0 Å². The van der Waals surface area contributed by atoms with E-state index in [-0.39, 0.29) is 0 Å². The van der Waals surface area contributed by atoms with Crippen LogP contribution in [0.1, 0.15) is 26.2 Å². The lowest BCUT2D eigenvalue weighted by Crippen LogP contribution is -2.41. The Labute approximate surface area is 76.8 Å². The van der Waals surface area contributed by atoms with Gasteiger partial charge < -0.3 is 0 Å². The standard InChI is InChI=1S/C11H20P/c1-5-11-7-6-10(11)8-9(2)12(11,3)4/h5,9-10H,1,6-8H2,2-4H3/q+1. The van der Waals surface area contributed by atoms with E-state index in [1.165, 1.54) is 19.3 Å². The minimum atomic E-state index is -0.694. The fourth-order valence-electron chi connectivity index (χ4n) is 3.31. The Bertz CT molecular complexity index is 219. The number of fused-ring (bicyclic) bond motifs is 1. The number of hydrogen-bond acceptors (Lipinski definition) is 0. The molecule has 0 amide bonds. The zero-order chi connectivity index (χ0) is 8.98. The van der Waals surface area contributed by atoms with Crippen molar-refractivity contribution in [2.75, 3.05) is 13.3 Å². The molecule has 2 fully saturated rings. The third-order valence-electron chi connectivity index (χ3n) is 4.75. The normalized spacial score (nSPS) is 49.6. The first-order valence-electron chi connectivity index (χ1n) is 5.02. The molecule has 2 aliphatic rings. The van der Waals surface area contributed by atoms with Gasteiger partial charge in [-0.25, -0.2) is 0 Å². The zero-order valence-corrected chi connectivity index (χ0v) is 9.40. The lowest BCUT2D eigenvalue weighted by molar-refractivity contribution is 0.265. The summed E-state index contributed by atoms with van der Waals surface area (Å²) < 4.78 is 0. The molecule has 1 heteroatoms. The van der Waals surface area contributed by atoms with Gasteiger partial charge in [-0.15, -0.1) is 0 Å². The van der Waals surface area contributed by atoms with E-state index >= 15 is 0 Å². The zero-order valence-electron chi connectivity index (χ0n) is 8.51. The Morgan fingerprint density at radius 1 is 1.50 bits per heavy atom. The minimum absolute atomic E-state index is 0.617.